The van der Waals surface area contributed by atoms with E-state index in [-0.39, 0.29) is 45.4 Å². The number of hydrogen-bond donors (Lipinski definition) is 4. The van der Waals surface area contributed by atoms with Gasteiger partial charge in [0.15, 0.2) is 0 Å². The van der Waals surface area contributed by atoms with E-state index in [1.807, 2.05) is 41.5 Å². The van der Waals surface area contributed by atoms with Crippen molar-refractivity contribution < 1.29 is 19.3 Å². The molecule has 0 saturated heterocycles. The Bertz CT molecular complexity index is 540. The molecule has 4 N–H and O–H groups in total. The van der Waals surface area contributed by atoms with Crippen LogP contribution in [-0.2, 0) is 22.7 Å². The summed E-state index contributed by atoms with van der Waals surface area (Å²) in [4.78, 5) is 0. The van der Waals surface area contributed by atoms with E-state index in [0.29, 0.717) is 6.42 Å². The van der Waals surface area contributed by atoms with E-state index in [1.165, 1.54) is 0 Å². The monoisotopic (exact) mass is 464 g/mol. The van der Waals surface area contributed by atoms with Gasteiger partial charge in [0, 0.05) is 22.7 Å². The van der Waals surface area contributed by atoms with Crippen molar-refractivity contribution in [2.75, 3.05) is 0 Å². The fourth-order valence-corrected chi connectivity index (χ4v) is 6.36. The first-order valence-corrected chi connectivity index (χ1v) is 13.7. The zero-order valence-electron chi connectivity index (χ0n) is 19.8. The minimum Gasteiger partial charge on any atom is -0.598 e. The highest BCUT2D eigenvalue weighted by molar-refractivity contribution is 7.91. The molecule has 0 spiro atoms. The van der Waals surface area contributed by atoms with Gasteiger partial charge in [-0.3, -0.25) is 0 Å². The van der Waals surface area contributed by atoms with Crippen molar-refractivity contribution in [3.8, 4) is 0 Å². The highest BCUT2D eigenvalue weighted by Crippen LogP contribution is 2.38. The number of rotatable bonds is 6. The van der Waals surface area contributed by atoms with Gasteiger partial charge in [0.05, 0.1) is 24.3 Å². The van der Waals surface area contributed by atoms with Crippen molar-refractivity contribution in [3.05, 3.63) is 0 Å². The lowest BCUT2D eigenvalue weighted by Crippen LogP contribution is -2.51. The summed E-state index contributed by atoms with van der Waals surface area (Å²) in [5, 5.41) is 21.5. The summed E-state index contributed by atoms with van der Waals surface area (Å²) in [5.74, 6) is 0.267. The summed E-state index contributed by atoms with van der Waals surface area (Å²) in [6.45, 7) is 13.8. The van der Waals surface area contributed by atoms with Crippen LogP contribution in [0.25, 0.3) is 0 Å². The summed E-state index contributed by atoms with van der Waals surface area (Å²) in [7, 11) is 0. The predicted octanol–water partition coefficient (Wildman–Crippen LogP) is 2.79. The fraction of sp³-hybridized carbons (Fsp3) is 1.00. The molecule has 2 aliphatic rings. The van der Waals surface area contributed by atoms with Crippen molar-refractivity contribution in [3.63, 3.8) is 0 Å². The van der Waals surface area contributed by atoms with Crippen LogP contribution in [0.1, 0.15) is 87.0 Å². The Morgan fingerprint density at radius 2 is 1.30 bits per heavy atom. The lowest BCUT2D eigenvalue weighted by atomic mass is 9.70. The molecular formula is C22H44N2O4S2. The summed E-state index contributed by atoms with van der Waals surface area (Å²) < 4.78 is 31.0. The molecule has 8 heteroatoms. The first-order valence-electron chi connectivity index (χ1n) is 11.4. The molecule has 0 aromatic rings. The second kappa shape index (κ2) is 10.6. The SMILES string of the molecule is C[C@@H]1C[C@@H](N[S+]([O-])C(C)(C)C)CC(C[C@H]2C[C@@H](N[S+]([O-])C(C)(C)C)CC[C@@H]2O)[C@H]1O. The van der Waals surface area contributed by atoms with Crippen LogP contribution < -0.4 is 9.44 Å². The van der Waals surface area contributed by atoms with Crippen LogP contribution in [-0.4, -0.2) is 53.1 Å². The van der Waals surface area contributed by atoms with Gasteiger partial charge >= 0.3 is 0 Å². The van der Waals surface area contributed by atoms with Crippen LogP contribution in [0, 0.1) is 17.8 Å². The molecular weight excluding hydrogens is 420 g/mol. The maximum atomic E-state index is 12.6. The summed E-state index contributed by atoms with van der Waals surface area (Å²) in [5.41, 5.74) is 0. The van der Waals surface area contributed by atoms with Gasteiger partial charge in [-0.25, -0.2) is 0 Å². The number of aliphatic hydroxyl groups excluding tert-OH is 2. The standard InChI is InChI=1S/C22H44N2O4S2/c1-14-10-18(24-30(28)22(5,6)7)13-16(20(14)26)11-15-12-17(8-9-19(15)25)23-29(27)21(2,3)4/h14-20,23-26H,8-13H2,1-7H3/t14-,15+,16?,17+,18-,19+,20+,29?,30?/m1/s1. The van der Waals surface area contributed by atoms with Crippen molar-refractivity contribution in [2.45, 2.75) is 121 Å². The first kappa shape index (κ1) is 26.7. The smallest absolute Gasteiger partial charge is 0.136 e. The summed E-state index contributed by atoms with van der Waals surface area (Å²) in [6.07, 6.45) is 3.81. The molecule has 2 fully saturated rings. The van der Waals surface area contributed by atoms with E-state index < -0.39 is 28.8 Å². The Balaban J connectivity index is 1.99. The summed E-state index contributed by atoms with van der Waals surface area (Å²) in [6, 6.07) is 0.232. The average molecular weight is 465 g/mol. The van der Waals surface area contributed by atoms with Gasteiger partial charge in [0.25, 0.3) is 0 Å². The van der Waals surface area contributed by atoms with E-state index in [1.54, 1.807) is 0 Å². The summed E-state index contributed by atoms with van der Waals surface area (Å²) >= 11 is -2.26. The van der Waals surface area contributed by atoms with Crippen LogP contribution >= 0.6 is 0 Å². The zero-order valence-corrected chi connectivity index (χ0v) is 21.4. The lowest BCUT2D eigenvalue weighted by Gasteiger charge is -2.42. The molecule has 6 nitrogen and oxygen atoms in total. The highest BCUT2D eigenvalue weighted by atomic mass is 32.2. The van der Waals surface area contributed by atoms with Crippen LogP contribution in [0.2, 0.25) is 0 Å². The van der Waals surface area contributed by atoms with Crippen LogP contribution in [0.3, 0.4) is 0 Å². The molecule has 0 amide bonds. The first-order chi connectivity index (χ1) is 13.7. The molecule has 0 bridgehead atoms. The normalized spacial score (nSPS) is 38.3. The van der Waals surface area contributed by atoms with E-state index >= 15 is 0 Å². The van der Waals surface area contributed by atoms with Crippen molar-refractivity contribution >= 4 is 22.7 Å². The maximum Gasteiger partial charge on any atom is 0.136 e. The van der Waals surface area contributed by atoms with Crippen molar-refractivity contribution in [2.24, 2.45) is 17.8 Å². The lowest BCUT2D eigenvalue weighted by molar-refractivity contribution is -0.0191. The quantitative estimate of drug-likeness (QED) is 0.450. The molecule has 30 heavy (non-hydrogen) atoms. The second-order valence-electron chi connectivity index (χ2n) is 11.5. The Morgan fingerprint density at radius 1 is 0.800 bits per heavy atom. The van der Waals surface area contributed by atoms with Gasteiger partial charge < -0.3 is 19.3 Å². The molecule has 0 aliphatic heterocycles. The Hall–Kier alpha value is 0.460. The molecule has 2 rings (SSSR count). The van der Waals surface area contributed by atoms with E-state index in [4.69, 9.17) is 0 Å². The fourth-order valence-electron chi connectivity index (χ4n) is 4.64. The van der Waals surface area contributed by atoms with Gasteiger partial charge in [-0.2, -0.15) is 0 Å². The molecule has 0 heterocycles. The van der Waals surface area contributed by atoms with E-state index in [9.17, 15) is 19.3 Å². The van der Waals surface area contributed by atoms with E-state index in [0.717, 1.165) is 32.1 Å². The topological polar surface area (TPSA) is 111 Å². The Kier molecular flexibility index (Phi) is 9.43. The number of nitrogens with one attached hydrogen (secondary N) is 2. The Labute approximate surface area is 190 Å². The molecule has 2 aliphatic carbocycles. The molecule has 2 saturated carbocycles. The van der Waals surface area contributed by atoms with Crippen LogP contribution in [0.5, 0.6) is 0 Å². The highest BCUT2D eigenvalue weighted by Gasteiger charge is 2.41. The largest absolute Gasteiger partial charge is 0.598 e. The predicted molar refractivity (Wildman–Crippen MR) is 125 cm³/mol. The molecule has 0 aromatic heterocycles. The molecule has 178 valence electrons. The van der Waals surface area contributed by atoms with Gasteiger partial charge in [-0.15, -0.1) is 9.44 Å². The van der Waals surface area contributed by atoms with Crippen LogP contribution in [0.15, 0.2) is 0 Å². The van der Waals surface area contributed by atoms with Gasteiger partial charge in [0.2, 0.25) is 0 Å². The van der Waals surface area contributed by atoms with Gasteiger partial charge in [-0.05, 0) is 97.8 Å². The number of aliphatic hydroxyl groups is 2. The van der Waals surface area contributed by atoms with Gasteiger partial charge in [0.1, 0.15) is 9.49 Å². The molecule has 0 radical (unpaired) electrons. The second-order valence-corrected chi connectivity index (χ2v) is 15.5. The third-order valence-corrected chi connectivity index (χ3v) is 9.84. The average Bonchev–Trinajstić information content (AvgIpc) is 2.60. The minimum atomic E-state index is -1.14. The third kappa shape index (κ3) is 7.51. The molecule has 3 unspecified atom stereocenters. The third-order valence-electron chi connectivity index (χ3n) is 6.52. The van der Waals surface area contributed by atoms with Crippen molar-refractivity contribution in [1.29, 1.82) is 0 Å². The van der Waals surface area contributed by atoms with E-state index in [2.05, 4.69) is 16.4 Å². The Morgan fingerprint density at radius 3 is 1.83 bits per heavy atom. The number of hydrogen-bond acceptors (Lipinski definition) is 6. The maximum absolute atomic E-state index is 12.6. The van der Waals surface area contributed by atoms with Crippen molar-refractivity contribution in [1.82, 2.24) is 9.44 Å². The van der Waals surface area contributed by atoms with Gasteiger partial charge in [-0.1, -0.05) is 6.92 Å². The molecule has 9 atom stereocenters. The zero-order chi connectivity index (χ0) is 22.9. The minimum absolute atomic E-state index is 0.0646. The molecule has 0 aromatic carbocycles. The van der Waals surface area contributed by atoms with Crippen LogP contribution in [0.4, 0.5) is 0 Å².